The highest BCUT2D eigenvalue weighted by Crippen LogP contribution is 2.44. The second-order valence-electron chi connectivity index (χ2n) is 6.81. The molecule has 4 rings (SSSR count). The SMILES string of the molecule is CN(CCOC(=O)n1ccnc1)C(=O)OCC1c2ccccc2-c2ccccc21. The Morgan fingerprint density at radius 2 is 1.69 bits per heavy atom. The Labute approximate surface area is 168 Å². The first-order valence-electron chi connectivity index (χ1n) is 9.36. The first-order valence-corrected chi connectivity index (χ1v) is 9.36. The van der Waals surface area contributed by atoms with Crippen molar-refractivity contribution in [2.24, 2.45) is 0 Å². The molecule has 7 nitrogen and oxygen atoms in total. The van der Waals surface area contributed by atoms with E-state index in [4.69, 9.17) is 9.47 Å². The Hall–Kier alpha value is -3.61. The molecule has 1 aliphatic rings. The molecule has 0 aliphatic heterocycles. The molecule has 7 heteroatoms. The fourth-order valence-electron chi connectivity index (χ4n) is 3.51. The number of benzene rings is 2. The number of ether oxygens (including phenoxy) is 2. The molecule has 1 amide bonds. The Kier molecular flexibility index (Phi) is 5.29. The minimum absolute atomic E-state index is 0.0128. The fraction of sp³-hybridized carbons (Fsp3) is 0.227. The van der Waals surface area contributed by atoms with Crippen molar-refractivity contribution in [3.05, 3.63) is 78.4 Å². The van der Waals surface area contributed by atoms with E-state index in [1.807, 2.05) is 24.3 Å². The maximum Gasteiger partial charge on any atom is 0.419 e. The van der Waals surface area contributed by atoms with E-state index in [0.29, 0.717) is 0 Å². The molecule has 148 valence electrons. The van der Waals surface area contributed by atoms with E-state index in [-0.39, 0.29) is 25.7 Å². The van der Waals surface area contributed by atoms with E-state index in [1.54, 1.807) is 7.05 Å². The topological polar surface area (TPSA) is 73.7 Å². The van der Waals surface area contributed by atoms with E-state index in [9.17, 15) is 9.59 Å². The predicted octanol–water partition coefficient (Wildman–Crippen LogP) is 3.75. The summed E-state index contributed by atoms with van der Waals surface area (Å²) in [6.07, 6.45) is 3.35. The van der Waals surface area contributed by atoms with Crippen LogP contribution in [0.25, 0.3) is 11.1 Å². The Morgan fingerprint density at radius 3 is 2.31 bits per heavy atom. The summed E-state index contributed by atoms with van der Waals surface area (Å²) in [7, 11) is 1.62. The second kappa shape index (κ2) is 8.18. The number of carbonyl (C=O) groups is 2. The normalized spacial score (nSPS) is 12.2. The number of rotatable bonds is 5. The quantitative estimate of drug-likeness (QED) is 0.662. The van der Waals surface area contributed by atoms with E-state index in [0.717, 1.165) is 0 Å². The van der Waals surface area contributed by atoms with E-state index in [2.05, 4.69) is 29.2 Å². The lowest BCUT2D eigenvalue weighted by atomic mass is 9.98. The van der Waals surface area contributed by atoms with Crippen molar-refractivity contribution in [2.45, 2.75) is 5.92 Å². The van der Waals surface area contributed by atoms with Gasteiger partial charge >= 0.3 is 12.2 Å². The van der Waals surface area contributed by atoms with Crippen LogP contribution in [-0.2, 0) is 9.47 Å². The van der Waals surface area contributed by atoms with Gasteiger partial charge in [0.05, 0.1) is 6.54 Å². The maximum absolute atomic E-state index is 12.4. The monoisotopic (exact) mass is 391 g/mol. The van der Waals surface area contributed by atoms with Crippen LogP contribution >= 0.6 is 0 Å². The van der Waals surface area contributed by atoms with Gasteiger partial charge in [0.1, 0.15) is 19.5 Å². The van der Waals surface area contributed by atoms with Gasteiger partial charge < -0.3 is 14.4 Å². The number of imidazole rings is 1. The zero-order valence-electron chi connectivity index (χ0n) is 16.0. The highest BCUT2D eigenvalue weighted by atomic mass is 16.6. The van der Waals surface area contributed by atoms with Crippen molar-refractivity contribution in [2.75, 3.05) is 26.8 Å². The maximum atomic E-state index is 12.4. The van der Waals surface area contributed by atoms with Crippen LogP contribution in [0.5, 0.6) is 0 Å². The van der Waals surface area contributed by atoms with Gasteiger partial charge in [0.25, 0.3) is 0 Å². The Balaban J connectivity index is 1.32. The largest absolute Gasteiger partial charge is 0.448 e. The summed E-state index contributed by atoms with van der Waals surface area (Å²) in [5.41, 5.74) is 4.70. The lowest BCUT2D eigenvalue weighted by molar-refractivity contribution is 0.0941. The number of hydrogen-bond donors (Lipinski definition) is 0. The van der Waals surface area contributed by atoms with Crippen molar-refractivity contribution in [1.29, 1.82) is 0 Å². The molecule has 0 spiro atoms. The summed E-state index contributed by atoms with van der Waals surface area (Å²) < 4.78 is 11.9. The second-order valence-corrected chi connectivity index (χ2v) is 6.81. The minimum atomic E-state index is -0.538. The molecule has 0 unspecified atom stereocenters. The van der Waals surface area contributed by atoms with Gasteiger partial charge in [0.2, 0.25) is 0 Å². The van der Waals surface area contributed by atoms with Crippen molar-refractivity contribution < 1.29 is 19.1 Å². The van der Waals surface area contributed by atoms with Crippen LogP contribution in [0.15, 0.2) is 67.3 Å². The molecule has 0 bridgehead atoms. The molecule has 0 radical (unpaired) electrons. The van der Waals surface area contributed by atoms with Gasteiger partial charge in [-0.25, -0.2) is 19.1 Å². The van der Waals surface area contributed by atoms with Gasteiger partial charge in [-0.3, -0.25) is 0 Å². The molecule has 2 aromatic carbocycles. The number of carbonyl (C=O) groups excluding carboxylic acids is 2. The summed E-state index contributed by atoms with van der Waals surface area (Å²) in [6.45, 7) is 0.556. The molecule has 1 aromatic heterocycles. The highest BCUT2D eigenvalue weighted by Gasteiger charge is 2.29. The summed E-state index contributed by atoms with van der Waals surface area (Å²) >= 11 is 0. The number of hydrogen-bond acceptors (Lipinski definition) is 5. The third kappa shape index (κ3) is 3.85. The summed E-state index contributed by atoms with van der Waals surface area (Å²) in [4.78, 5) is 29.3. The third-order valence-corrected chi connectivity index (χ3v) is 5.02. The first kappa shape index (κ1) is 18.7. The number of amides is 1. The van der Waals surface area contributed by atoms with Crippen LogP contribution in [0.2, 0.25) is 0 Å². The molecule has 0 N–H and O–H groups in total. The molecule has 0 fully saturated rings. The standard InChI is InChI=1S/C22H21N3O4/c1-24(12-13-28-22(27)25-11-10-23-15-25)21(26)29-14-20-18-8-4-2-6-16(18)17-7-3-5-9-19(17)20/h2-11,15,20H,12-14H2,1H3. The van der Waals surface area contributed by atoms with Gasteiger partial charge in [-0.1, -0.05) is 48.5 Å². The van der Waals surface area contributed by atoms with E-state index < -0.39 is 12.2 Å². The smallest absolute Gasteiger partial charge is 0.419 e. The fourth-order valence-corrected chi connectivity index (χ4v) is 3.51. The van der Waals surface area contributed by atoms with Gasteiger partial charge in [-0.05, 0) is 22.3 Å². The average molecular weight is 391 g/mol. The van der Waals surface area contributed by atoms with Gasteiger partial charge in [0.15, 0.2) is 0 Å². The minimum Gasteiger partial charge on any atom is -0.448 e. The molecule has 3 aromatic rings. The molecular formula is C22H21N3O4. The number of nitrogens with zero attached hydrogens (tertiary/aromatic N) is 3. The van der Waals surface area contributed by atoms with Crippen LogP contribution in [0.3, 0.4) is 0 Å². The first-order chi connectivity index (χ1) is 14.1. The van der Waals surface area contributed by atoms with Crippen molar-refractivity contribution in [3.63, 3.8) is 0 Å². The molecule has 1 aliphatic carbocycles. The number of likely N-dealkylation sites (N-methyl/N-ethyl adjacent to an activating group) is 1. The number of aromatic nitrogens is 2. The van der Waals surface area contributed by atoms with Crippen LogP contribution in [0, 0.1) is 0 Å². The molecule has 29 heavy (non-hydrogen) atoms. The summed E-state index contributed by atoms with van der Waals surface area (Å²) in [5, 5.41) is 0. The lowest BCUT2D eigenvalue weighted by Gasteiger charge is -2.19. The highest BCUT2D eigenvalue weighted by molar-refractivity contribution is 5.79. The van der Waals surface area contributed by atoms with Gasteiger partial charge in [0, 0.05) is 25.4 Å². The van der Waals surface area contributed by atoms with Crippen LogP contribution < -0.4 is 0 Å². The predicted molar refractivity (Wildman–Crippen MR) is 107 cm³/mol. The Bertz CT molecular complexity index is 971. The lowest BCUT2D eigenvalue weighted by Crippen LogP contribution is -2.32. The van der Waals surface area contributed by atoms with Crippen molar-refractivity contribution in [1.82, 2.24) is 14.5 Å². The van der Waals surface area contributed by atoms with Crippen LogP contribution in [-0.4, -0.2) is 53.4 Å². The van der Waals surface area contributed by atoms with E-state index >= 15 is 0 Å². The molecule has 0 saturated heterocycles. The van der Waals surface area contributed by atoms with Gasteiger partial charge in [-0.15, -0.1) is 0 Å². The third-order valence-electron chi connectivity index (χ3n) is 5.02. The zero-order chi connectivity index (χ0) is 20.2. The van der Waals surface area contributed by atoms with Crippen molar-refractivity contribution >= 4 is 12.2 Å². The average Bonchev–Trinajstić information content (AvgIpc) is 3.39. The Morgan fingerprint density at radius 1 is 1.03 bits per heavy atom. The van der Waals surface area contributed by atoms with Gasteiger partial charge in [-0.2, -0.15) is 0 Å². The summed E-state index contributed by atoms with van der Waals surface area (Å²) in [5.74, 6) is 0.0128. The number of fused-ring (bicyclic) bond motifs is 3. The molecule has 0 atom stereocenters. The van der Waals surface area contributed by atoms with Crippen LogP contribution in [0.1, 0.15) is 17.0 Å². The summed E-state index contributed by atoms with van der Waals surface area (Å²) in [6, 6.07) is 16.4. The zero-order valence-corrected chi connectivity index (χ0v) is 16.0. The van der Waals surface area contributed by atoms with Crippen molar-refractivity contribution in [3.8, 4) is 11.1 Å². The van der Waals surface area contributed by atoms with E-state index in [1.165, 1.54) is 50.4 Å². The molecule has 1 heterocycles. The molecule has 0 saturated carbocycles. The van der Waals surface area contributed by atoms with Crippen LogP contribution in [0.4, 0.5) is 9.59 Å². The molecular weight excluding hydrogens is 370 g/mol.